The molecule has 1 amide bonds. The minimum Gasteiger partial charge on any atom is -0.481 e. The maximum atomic E-state index is 12.5. The summed E-state index contributed by atoms with van der Waals surface area (Å²) in [5, 5.41) is 8.83. The van der Waals surface area contributed by atoms with Gasteiger partial charge in [0, 0.05) is 25.4 Å². The zero-order valence-corrected chi connectivity index (χ0v) is 13.4. The van der Waals surface area contributed by atoms with Gasteiger partial charge < -0.3 is 10.0 Å². The summed E-state index contributed by atoms with van der Waals surface area (Å²) in [5.74, 6) is -0.654. The maximum Gasteiger partial charge on any atom is 0.305 e. The zero-order valence-electron chi connectivity index (χ0n) is 13.4. The number of carbonyl (C=O) groups is 2. The molecule has 0 fully saturated rings. The van der Waals surface area contributed by atoms with E-state index in [0.717, 1.165) is 5.56 Å². The van der Waals surface area contributed by atoms with Crippen molar-refractivity contribution in [2.24, 2.45) is 5.92 Å². The number of carboxylic acids is 1. The van der Waals surface area contributed by atoms with Crippen LogP contribution >= 0.6 is 0 Å². The Morgan fingerprint density at radius 3 is 2.41 bits per heavy atom. The molecule has 0 aliphatic heterocycles. The maximum absolute atomic E-state index is 12.5. The topological polar surface area (TPSA) is 57.6 Å². The number of carbonyl (C=O) groups excluding carboxylic acids is 1. The molecule has 0 aliphatic rings. The predicted molar refractivity (Wildman–Crippen MR) is 87.7 cm³/mol. The summed E-state index contributed by atoms with van der Waals surface area (Å²) in [5.41, 5.74) is 1.05. The Morgan fingerprint density at radius 1 is 1.27 bits per heavy atom. The van der Waals surface area contributed by atoms with Gasteiger partial charge in [0.25, 0.3) is 0 Å². The first kappa shape index (κ1) is 18.0. The average molecular weight is 303 g/mol. The molecule has 0 aromatic heterocycles. The van der Waals surface area contributed by atoms with E-state index in [0.29, 0.717) is 18.9 Å². The summed E-state index contributed by atoms with van der Waals surface area (Å²) >= 11 is 0. The van der Waals surface area contributed by atoms with E-state index in [1.54, 1.807) is 11.0 Å². The van der Waals surface area contributed by atoms with Gasteiger partial charge in [0.2, 0.25) is 5.91 Å². The molecule has 1 atom stereocenters. The number of benzene rings is 1. The van der Waals surface area contributed by atoms with E-state index in [1.807, 2.05) is 44.2 Å². The van der Waals surface area contributed by atoms with Crippen LogP contribution in [-0.2, 0) is 9.59 Å². The van der Waals surface area contributed by atoms with E-state index in [9.17, 15) is 9.59 Å². The summed E-state index contributed by atoms with van der Waals surface area (Å²) in [7, 11) is 0. The van der Waals surface area contributed by atoms with Crippen LogP contribution in [0.4, 0.5) is 0 Å². The Morgan fingerprint density at radius 2 is 1.91 bits per heavy atom. The monoisotopic (exact) mass is 303 g/mol. The smallest absolute Gasteiger partial charge is 0.305 e. The van der Waals surface area contributed by atoms with Crippen LogP contribution in [0.25, 0.3) is 0 Å². The fourth-order valence-corrected chi connectivity index (χ4v) is 2.34. The lowest BCUT2D eigenvalue weighted by Gasteiger charge is -2.25. The molecule has 4 heteroatoms. The SMILES string of the molecule is C=CC(CC(=O)N(CCC(=O)O)CC(C)C)c1ccccc1. The normalized spacial score (nSPS) is 12.0. The van der Waals surface area contributed by atoms with Crippen LogP contribution in [0, 0.1) is 5.92 Å². The summed E-state index contributed by atoms with van der Waals surface area (Å²) < 4.78 is 0. The first-order chi connectivity index (χ1) is 10.4. The molecule has 120 valence electrons. The lowest BCUT2D eigenvalue weighted by Crippen LogP contribution is -2.36. The van der Waals surface area contributed by atoms with Gasteiger partial charge in [-0.25, -0.2) is 0 Å². The number of amides is 1. The van der Waals surface area contributed by atoms with Crippen LogP contribution in [0.15, 0.2) is 43.0 Å². The number of hydrogen-bond donors (Lipinski definition) is 1. The Bertz CT molecular complexity index is 496. The van der Waals surface area contributed by atoms with E-state index in [1.165, 1.54) is 0 Å². The molecule has 1 rings (SSSR count). The number of hydrogen-bond acceptors (Lipinski definition) is 2. The number of aliphatic carboxylic acids is 1. The van der Waals surface area contributed by atoms with Crippen molar-refractivity contribution in [3.63, 3.8) is 0 Å². The van der Waals surface area contributed by atoms with Crippen LogP contribution < -0.4 is 0 Å². The van der Waals surface area contributed by atoms with Crippen molar-refractivity contribution >= 4 is 11.9 Å². The van der Waals surface area contributed by atoms with Crippen molar-refractivity contribution in [3.05, 3.63) is 48.6 Å². The molecular weight excluding hydrogens is 278 g/mol. The second kappa shape index (κ2) is 9.03. The number of allylic oxidation sites excluding steroid dienone is 1. The van der Waals surface area contributed by atoms with Crippen molar-refractivity contribution in [3.8, 4) is 0 Å². The Kier molecular flexibility index (Phi) is 7.37. The Hall–Kier alpha value is -2.10. The van der Waals surface area contributed by atoms with Gasteiger partial charge >= 0.3 is 5.97 Å². The molecule has 1 aromatic carbocycles. The van der Waals surface area contributed by atoms with Crippen LogP contribution in [0.5, 0.6) is 0 Å². The van der Waals surface area contributed by atoms with Gasteiger partial charge in [0.15, 0.2) is 0 Å². The lowest BCUT2D eigenvalue weighted by molar-refractivity contribution is -0.138. The molecule has 0 radical (unpaired) electrons. The predicted octanol–water partition coefficient (Wildman–Crippen LogP) is 3.31. The van der Waals surface area contributed by atoms with Crippen LogP contribution in [0.1, 0.15) is 38.2 Å². The molecule has 0 bridgehead atoms. The highest BCUT2D eigenvalue weighted by molar-refractivity contribution is 5.78. The van der Waals surface area contributed by atoms with Gasteiger partial charge in [-0.15, -0.1) is 6.58 Å². The largest absolute Gasteiger partial charge is 0.481 e. The number of carboxylic acid groups (broad SMARTS) is 1. The van der Waals surface area contributed by atoms with Crippen molar-refractivity contribution in [1.29, 1.82) is 0 Å². The fraction of sp³-hybridized carbons (Fsp3) is 0.444. The zero-order chi connectivity index (χ0) is 16.5. The molecule has 22 heavy (non-hydrogen) atoms. The summed E-state index contributed by atoms with van der Waals surface area (Å²) in [6, 6.07) is 9.76. The third kappa shape index (κ3) is 6.12. The fourth-order valence-electron chi connectivity index (χ4n) is 2.34. The van der Waals surface area contributed by atoms with Crippen molar-refractivity contribution in [1.82, 2.24) is 4.90 Å². The van der Waals surface area contributed by atoms with Gasteiger partial charge in [-0.1, -0.05) is 50.3 Å². The van der Waals surface area contributed by atoms with Gasteiger partial charge in [-0.3, -0.25) is 9.59 Å². The minimum absolute atomic E-state index is 0.0243. The summed E-state index contributed by atoms with van der Waals surface area (Å²) in [6.45, 7) is 8.68. The van der Waals surface area contributed by atoms with Gasteiger partial charge in [0.1, 0.15) is 0 Å². The lowest BCUT2D eigenvalue weighted by atomic mass is 9.95. The molecule has 0 saturated heterocycles. The average Bonchev–Trinajstić information content (AvgIpc) is 2.49. The van der Waals surface area contributed by atoms with Crippen LogP contribution in [0.3, 0.4) is 0 Å². The van der Waals surface area contributed by atoms with Gasteiger partial charge in [-0.05, 0) is 11.5 Å². The summed E-state index contributed by atoms with van der Waals surface area (Å²) in [6.07, 6.45) is 2.07. The highest BCUT2D eigenvalue weighted by atomic mass is 16.4. The third-order valence-corrected chi connectivity index (χ3v) is 3.44. The van der Waals surface area contributed by atoms with Crippen LogP contribution in [-0.4, -0.2) is 35.0 Å². The molecule has 0 spiro atoms. The van der Waals surface area contributed by atoms with E-state index in [4.69, 9.17) is 5.11 Å². The molecule has 1 N–H and O–H groups in total. The van der Waals surface area contributed by atoms with E-state index in [2.05, 4.69) is 6.58 Å². The van der Waals surface area contributed by atoms with Gasteiger partial charge in [0.05, 0.1) is 6.42 Å². The Labute approximate surface area is 132 Å². The highest BCUT2D eigenvalue weighted by Crippen LogP contribution is 2.22. The number of nitrogens with zero attached hydrogens (tertiary/aromatic N) is 1. The first-order valence-corrected chi connectivity index (χ1v) is 7.61. The van der Waals surface area contributed by atoms with E-state index in [-0.39, 0.29) is 24.8 Å². The molecule has 1 unspecified atom stereocenters. The molecule has 0 saturated carbocycles. The molecule has 0 aliphatic carbocycles. The van der Waals surface area contributed by atoms with E-state index >= 15 is 0 Å². The molecule has 1 aromatic rings. The van der Waals surface area contributed by atoms with E-state index < -0.39 is 5.97 Å². The van der Waals surface area contributed by atoms with Crippen molar-refractivity contribution in [2.75, 3.05) is 13.1 Å². The molecule has 4 nitrogen and oxygen atoms in total. The molecule has 0 heterocycles. The standard InChI is InChI=1S/C18H25NO3/c1-4-15(16-8-6-5-7-9-16)12-17(20)19(13-14(2)3)11-10-18(21)22/h4-9,14-15H,1,10-13H2,2-3H3,(H,21,22). The Balaban J connectivity index is 2.75. The second-order valence-electron chi connectivity index (χ2n) is 5.83. The van der Waals surface area contributed by atoms with Crippen molar-refractivity contribution in [2.45, 2.75) is 32.6 Å². The number of rotatable bonds is 9. The second-order valence-corrected chi connectivity index (χ2v) is 5.83. The molecular formula is C18H25NO3. The quantitative estimate of drug-likeness (QED) is 0.712. The summed E-state index contributed by atoms with van der Waals surface area (Å²) in [4.78, 5) is 24.9. The van der Waals surface area contributed by atoms with Crippen LogP contribution in [0.2, 0.25) is 0 Å². The third-order valence-electron chi connectivity index (χ3n) is 3.44. The highest BCUT2D eigenvalue weighted by Gasteiger charge is 2.20. The van der Waals surface area contributed by atoms with Gasteiger partial charge in [-0.2, -0.15) is 0 Å². The first-order valence-electron chi connectivity index (χ1n) is 7.61. The van der Waals surface area contributed by atoms with Crippen molar-refractivity contribution < 1.29 is 14.7 Å². The minimum atomic E-state index is -0.884.